The van der Waals surface area contributed by atoms with Gasteiger partial charge in [0.2, 0.25) is 0 Å². The number of nitrogens with zero attached hydrogens (tertiary/aromatic N) is 1. The van der Waals surface area contributed by atoms with Crippen molar-refractivity contribution in [1.82, 2.24) is 4.98 Å². The zero-order chi connectivity index (χ0) is 17.8. The van der Waals surface area contributed by atoms with E-state index in [9.17, 15) is 13.6 Å². The Kier molecular flexibility index (Phi) is 4.70. The zero-order valence-electron chi connectivity index (χ0n) is 13.4. The van der Waals surface area contributed by atoms with Crippen LogP contribution in [0.4, 0.5) is 25.0 Å². The van der Waals surface area contributed by atoms with Crippen molar-refractivity contribution in [2.75, 3.05) is 10.6 Å². The van der Waals surface area contributed by atoms with E-state index < -0.39 is 17.7 Å². The lowest BCUT2D eigenvalue weighted by Crippen LogP contribution is -2.19. The molecule has 1 heterocycles. The predicted molar refractivity (Wildman–Crippen MR) is 93.4 cm³/mol. The van der Waals surface area contributed by atoms with Crippen molar-refractivity contribution in [3.63, 3.8) is 0 Å². The highest BCUT2D eigenvalue weighted by molar-refractivity contribution is 5.99. The van der Waals surface area contributed by atoms with E-state index in [4.69, 9.17) is 0 Å². The van der Waals surface area contributed by atoms with Gasteiger partial charge in [-0.05, 0) is 54.4 Å². The quantitative estimate of drug-likeness (QED) is 0.707. The van der Waals surface area contributed by atoms with Gasteiger partial charge in [0.25, 0.3) is 0 Å². The molecule has 3 aromatic rings. The fraction of sp³-hybridized carbons (Fsp3) is 0.0526. The van der Waals surface area contributed by atoms with Crippen LogP contribution in [-0.4, -0.2) is 11.0 Å². The maximum atomic E-state index is 13.1. The molecule has 2 aromatic carbocycles. The summed E-state index contributed by atoms with van der Waals surface area (Å²) in [5, 5.41) is 5.00. The van der Waals surface area contributed by atoms with Crippen molar-refractivity contribution in [2.45, 2.75) is 6.92 Å². The molecule has 0 aliphatic carbocycles. The van der Waals surface area contributed by atoms with Crippen LogP contribution in [0.2, 0.25) is 0 Å². The van der Waals surface area contributed by atoms with Gasteiger partial charge in [-0.15, -0.1) is 0 Å². The van der Waals surface area contributed by atoms with E-state index in [-0.39, 0.29) is 5.69 Å². The van der Waals surface area contributed by atoms with Crippen LogP contribution in [0.3, 0.4) is 0 Å². The molecule has 2 amide bonds. The van der Waals surface area contributed by atoms with Gasteiger partial charge in [0.1, 0.15) is 11.6 Å². The highest BCUT2D eigenvalue weighted by Gasteiger charge is 2.06. The number of anilines is 2. The van der Waals surface area contributed by atoms with E-state index in [1.165, 1.54) is 0 Å². The van der Waals surface area contributed by atoms with E-state index in [0.717, 1.165) is 35.0 Å². The van der Waals surface area contributed by atoms with Crippen molar-refractivity contribution >= 4 is 17.4 Å². The van der Waals surface area contributed by atoms with E-state index in [0.29, 0.717) is 5.69 Å². The maximum absolute atomic E-state index is 13.1. The van der Waals surface area contributed by atoms with Crippen LogP contribution in [0.15, 0.2) is 60.8 Å². The van der Waals surface area contributed by atoms with Crippen molar-refractivity contribution < 1.29 is 13.6 Å². The maximum Gasteiger partial charge on any atom is 0.323 e. The lowest BCUT2D eigenvalue weighted by molar-refractivity contribution is 0.262. The molecule has 0 spiro atoms. The summed E-state index contributed by atoms with van der Waals surface area (Å²) >= 11 is 0. The number of aromatic nitrogens is 1. The Bertz CT molecular complexity index is 891. The molecule has 6 heteroatoms. The second-order valence-corrected chi connectivity index (χ2v) is 5.50. The van der Waals surface area contributed by atoms with Crippen molar-refractivity contribution in [1.29, 1.82) is 0 Å². The molecule has 0 aliphatic heterocycles. The second kappa shape index (κ2) is 7.09. The summed E-state index contributed by atoms with van der Waals surface area (Å²) in [6.45, 7) is 1.92. The summed E-state index contributed by atoms with van der Waals surface area (Å²) in [6.07, 6.45) is 1.74. The fourth-order valence-electron chi connectivity index (χ4n) is 2.39. The summed E-state index contributed by atoms with van der Waals surface area (Å²) in [7, 11) is 0. The molecule has 0 unspecified atom stereocenters. The molecule has 3 rings (SSSR count). The molecule has 0 saturated heterocycles. The van der Waals surface area contributed by atoms with Gasteiger partial charge >= 0.3 is 6.03 Å². The third-order valence-corrected chi connectivity index (χ3v) is 3.49. The van der Waals surface area contributed by atoms with Gasteiger partial charge in [0.15, 0.2) is 0 Å². The lowest BCUT2D eigenvalue weighted by Gasteiger charge is -2.09. The third-order valence-electron chi connectivity index (χ3n) is 3.49. The Morgan fingerprint density at radius 2 is 1.48 bits per heavy atom. The SMILES string of the molecule is Cc1cc(-c2ccc(NC(=O)Nc3cc(F)cc(F)c3)cc2)ccn1. The normalized spacial score (nSPS) is 10.4. The highest BCUT2D eigenvalue weighted by Crippen LogP contribution is 2.22. The predicted octanol–water partition coefficient (Wildman–Crippen LogP) is 4.98. The van der Waals surface area contributed by atoms with E-state index in [1.54, 1.807) is 18.3 Å². The Morgan fingerprint density at radius 1 is 0.840 bits per heavy atom. The summed E-state index contributed by atoms with van der Waals surface area (Å²) in [5.41, 5.74) is 3.53. The number of rotatable bonds is 3. The van der Waals surface area contributed by atoms with E-state index in [2.05, 4.69) is 15.6 Å². The average molecular weight is 339 g/mol. The van der Waals surface area contributed by atoms with Crippen LogP contribution >= 0.6 is 0 Å². The molecule has 0 bridgehead atoms. The highest BCUT2D eigenvalue weighted by atomic mass is 19.1. The number of carbonyl (C=O) groups excluding carboxylic acids is 1. The van der Waals surface area contributed by atoms with Crippen LogP contribution in [0.5, 0.6) is 0 Å². The summed E-state index contributed by atoms with van der Waals surface area (Å²) in [5.74, 6) is -1.51. The second-order valence-electron chi connectivity index (χ2n) is 5.50. The molecule has 25 heavy (non-hydrogen) atoms. The minimum absolute atomic E-state index is 0.0406. The van der Waals surface area contributed by atoms with Gasteiger partial charge in [-0.2, -0.15) is 0 Å². The lowest BCUT2D eigenvalue weighted by atomic mass is 10.1. The van der Waals surface area contributed by atoms with Crippen molar-refractivity contribution in [3.05, 3.63) is 78.1 Å². The molecule has 0 atom stereocenters. The zero-order valence-corrected chi connectivity index (χ0v) is 13.4. The van der Waals surface area contributed by atoms with Crippen LogP contribution in [0.25, 0.3) is 11.1 Å². The number of halogens is 2. The molecule has 1 aromatic heterocycles. The average Bonchev–Trinajstić information content (AvgIpc) is 2.54. The number of hydrogen-bond acceptors (Lipinski definition) is 2. The van der Waals surface area contributed by atoms with Crippen LogP contribution in [0.1, 0.15) is 5.69 Å². The minimum atomic E-state index is -0.757. The molecule has 4 nitrogen and oxygen atoms in total. The molecule has 2 N–H and O–H groups in total. The molecule has 0 fully saturated rings. The number of benzene rings is 2. The number of urea groups is 1. The molecule has 0 saturated carbocycles. The number of amides is 2. The van der Waals surface area contributed by atoms with Crippen LogP contribution in [-0.2, 0) is 0 Å². The summed E-state index contributed by atoms with van der Waals surface area (Å²) in [6, 6.07) is 13.3. The van der Waals surface area contributed by atoms with Gasteiger partial charge in [-0.3, -0.25) is 4.98 Å². The minimum Gasteiger partial charge on any atom is -0.308 e. The summed E-state index contributed by atoms with van der Waals surface area (Å²) < 4.78 is 26.2. The third kappa shape index (κ3) is 4.38. The number of hydrogen-bond donors (Lipinski definition) is 2. The molecular formula is C19H15F2N3O. The number of carbonyl (C=O) groups is 1. The van der Waals surface area contributed by atoms with Crippen molar-refractivity contribution in [3.8, 4) is 11.1 Å². The smallest absolute Gasteiger partial charge is 0.308 e. The molecule has 0 aliphatic rings. The van der Waals surface area contributed by atoms with Gasteiger partial charge in [-0.25, -0.2) is 13.6 Å². The van der Waals surface area contributed by atoms with Crippen molar-refractivity contribution in [2.24, 2.45) is 0 Å². The van der Waals surface area contributed by atoms with Crippen LogP contribution in [0, 0.1) is 18.6 Å². The first-order valence-electron chi connectivity index (χ1n) is 7.57. The van der Waals surface area contributed by atoms with E-state index >= 15 is 0 Å². The first-order chi connectivity index (χ1) is 12.0. The van der Waals surface area contributed by atoms with E-state index in [1.807, 2.05) is 31.2 Å². The number of aryl methyl sites for hydroxylation is 1. The molecule has 0 radical (unpaired) electrons. The Hall–Kier alpha value is -3.28. The number of pyridine rings is 1. The Balaban J connectivity index is 1.67. The summed E-state index contributed by atoms with van der Waals surface area (Å²) in [4.78, 5) is 16.1. The first kappa shape index (κ1) is 16.6. The van der Waals surface area contributed by atoms with Gasteiger partial charge in [0.05, 0.1) is 0 Å². The van der Waals surface area contributed by atoms with Gasteiger partial charge < -0.3 is 10.6 Å². The Morgan fingerprint density at radius 3 is 2.12 bits per heavy atom. The topological polar surface area (TPSA) is 54.0 Å². The molecule has 126 valence electrons. The van der Waals surface area contributed by atoms with Gasteiger partial charge in [0, 0.05) is 29.3 Å². The number of nitrogens with one attached hydrogen (secondary N) is 2. The Labute approximate surface area is 143 Å². The first-order valence-corrected chi connectivity index (χ1v) is 7.57. The van der Waals surface area contributed by atoms with Crippen LogP contribution < -0.4 is 10.6 Å². The molecular weight excluding hydrogens is 324 g/mol. The fourth-order valence-corrected chi connectivity index (χ4v) is 2.39. The monoisotopic (exact) mass is 339 g/mol. The standard InChI is InChI=1S/C19H15F2N3O/c1-12-8-14(6-7-22-12)13-2-4-17(5-3-13)23-19(25)24-18-10-15(20)9-16(21)11-18/h2-11H,1H3,(H2,23,24,25). The van der Waals surface area contributed by atoms with Gasteiger partial charge in [-0.1, -0.05) is 12.1 Å². The largest absolute Gasteiger partial charge is 0.323 e.